The molecule has 2 aromatic carbocycles. The molecule has 36 heavy (non-hydrogen) atoms. The number of piperidine rings is 1. The molecule has 1 unspecified atom stereocenters. The summed E-state index contributed by atoms with van der Waals surface area (Å²) in [5.74, 6) is 1.46. The third kappa shape index (κ3) is 2.00. The predicted octanol–water partition coefficient (Wildman–Crippen LogP) is 3.11. The first-order valence-corrected chi connectivity index (χ1v) is 13.4. The third-order valence-corrected chi connectivity index (χ3v) is 10.6. The van der Waals surface area contributed by atoms with Crippen LogP contribution in [0.3, 0.4) is 0 Å². The lowest BCUT2D eigenvalue weighted by atomic mass is 9.41. The van der Waals surface area contributed by atoms with E-state index in [2.05, 4.69) is 29.3 Å². The summed E-state index contributed by atoms with van der Waals surface area (Å²) in [5, 5.41) is 15.6. The van der Waals surface area contributed by atoms with Crippen molar-refractivity contribution in [2.45, 2.75) is 62.3 Å². The van der Waals surface area contributed by atoms with Crippen LogP contribution in [0.1, 0.15) is 42.9 Å². The van der Waals surface area contributed by atoms with Crippen LogP contribution in [-0.4, -0.2) is 53.9 Å². The van der Waals surface area contributed by atoms with Gasteiger partial charge in [-0.15, -0.1) is 0 Å². The Bertz CT molecular complexity index is 1360. The number of amides is 1. The van der Waals surface area contributed by atoms with E-state index in [0.29, 0.717) is 19.0 Å². The number of rotatable bonds is 6. The highest BCUT2D eigenvalue weighted by molar-refractivity contribution is 5.99. The third-order valence-electron chi connectivity index (χ3n) is 10.6. The maximum atomic E-state index is 14.0. The van der Waals surface area contributed by atoms with Gasteiger partial charge < -0.3 is 19.9 Å². The molecule has 0 aromatic heterocycles. The van der Waals surface area contributed by atoms with E-state index in [1.165, 1.54) is 11.1 Å². The second-order valence-corrected chi connectivity index (χ2v) is 11.7. The molecule has 3 fully saturated rings. The Labute approximate surface area is 211 Å². The number of nitrogens with zero attached hydrogens (tertiary/aromatic N) is 1. The predicted molar refractivity (Wildman–Crippen MR) is 134 cm³/mol. The number of methoxy groups -OCH3 is 1. The fourth-order valence-electron chi connectivity index (χ4n) is 9.34. The monoisotopic (exact) mass is 484 g/mol. The van der Waals surface area contributed by atoms with Crippen LogP contribution in [0, 0.1) is 10.8 Å². The lowest BCUT2D eigenvalue weighted by molar-refractivity contribution is -0.173. The zero-order chi connectivity index (χ0) is 24.5. The molecule has 9 rings (SSSR count). The van der Waals surface area contributed by atoms with E-state index in [9.17, 15) is 9.90 Å². The first-order valence-electron chi connectivity index (χ1n) is 13.4. The number of hydrogen-bond donors (Lipinski definition) is 2. The molecule has 1 amide bonds. The lowest BCUT2D eigenvalue weighted by Gasteiger charge is -2.66. The smallest absolute Gasteiger partial charge is 0.234 e. The zero-order valence-electron chi connectivity index (χ0n) is 20.8. The number of carbonyl (C=O) groups is 1. The largest absolute Gasteiger partial charge is 0.493 e. The van der Waals surface area contributed by atoms with Crippen LogP contribution in [0.25, 0.3) is 0 Å². The number of benzene rings is 2. The van der Waals surface area contributed by atoms with Gasteiger partial charge in [0.2, 0.25) is 5.91 Å². The molecular weight excluding hydrogens is 452 g/mol. The van der Waals surface area contributed by atoms with Gasteiger partial charge in [-0.2, -0.15) is 0 Å². The maximum absolute atomic E-state index is 14.0. The summed E-state index contributed by atoms with van der Waals surface area (Å²) in [5.41, 5.74) is 1.78. The van der Waals surface area contributed by atoms with Crippen molar-refractivity contribution in [3.05, 3.63) is 70.8 Å². The highest BCUT2D eigenvalue weighted by Gasteiger charge is 2.95. The number of nitrogens with one attached hydrogen (secondary N) is 1. The zero-order valence-corrected chi connectivity index (χ0v) is 20.8. The van der Waals surface area contributed by atoms with Crippen molar-refractivity contribution in [2.75, 3.05) is 20.2 Å². The fourth-order valence-corrected chi connectivity index (χ4v) is 9.34. The van der Waals surface area contributed by atoms with Crippen LogP contribution < -0.4 is 14.8 Å². The average Bonchev–Trinajstić information content (AvgIpc) is 3.17. The molecular formula is C30H32N2O4. The summed E-state index contributed by atoms with van der Waals surface area (Å²) >= 11 is 0. The van der Waals surface area contributed by atoms with Crippen LogP contribution >= 0.6 is 0 Å². The van der Waals surface area contributed by atoms with Crippen LogP contribution in [0.2, 0.25) is 0 Å². The van der Waals surface area contributed by atoms with Gasteiger partial charge in [0.05, 0.1) is 12.5 Å². The van der Waals surface area contributed by atoms with Crippen LogP contribution in [0.15, 0.2) is 54.1 Å². The molecule has 0 radical (unpaired) electrons. The van der Waals surface area contributed by atoms with Crippen molar-refractivity contribution in [3.8, 4) is 11.5 Å². The number of ether oxygens (including phenoxy) is 2. The molecule has 1 saturated heterocycles. The van der Waals surface area contributed by atoms with Crippen LogP contribution in [0.5, 0.6) is 11.5 Å². The number of carbonyl (C=O) groups excluding carboxylic acids is 1. The van der Waals surface area contributed by atoms with Gasteiger partial charge in [0, 0.05) is 23.6 Å². The Morgan fingerprint density at radius 1 is 1.25 bits per heavy atom. The minimum Gasteiger partial charge on any atom is -0.493 e. The van der Waals surface area contributed by atoms with Gasteiger partial charge in [0.25, 0.3) is 0 Å². The molecule has 186 valence electrons. The Morgan fingerprint density at radius 3 is 2.86 bits per heavy atom. The number of aliphatic hydroxyl groups is 1. The second kappa shape index (κ2) is 6.53. The van der Waals surface area contributed by atoms with Crippen molar-refractivity contribution >= 4 is 5.91 Å². The standard InChI is InChI=1S/C30H32N2O4/c1-3-12-32-13-11-28-23-19-9-10-20(35-2)24(23)36-25(28)30(34)21-15-27(28,22(32)14-19)17-29(21,30)26(33)31-16-18-7-5-4-6-8-18/h4-10,15,22,25,34H,3,11-14,16-17H2,1-2H3,(H,31,33)/t22-,25-,27-,28+,29-,30?/m1/s1. The van der Waals surface area contributed by atoms with Gasteiger partial charge >= 0.3 is 0 Å². The summed E-state index contributed by atoms with van der Waals surface area (Å²) in [4.78, 5) is 16.6. The Morgan fingerprint density at radius 2 is 2.08 bits per heavy atom. The van der Waals surface area contributed by atoms with Gasteiger partial charge in [0.15, 0.2) is 11.5 Å². The lowest BCUT2D eigenvalue weighted by Crippen LogP contribution is -2.75. The van der Waals surface area contributed by atoms with Gasteiger partial charge in [0.1, 0.15) is 17.1 Å². The number of hydrogen-bond acceptors (Lipinski definition) is 5. The topological polar surface area (TPSA) is 71.0 Å². The van der Waals surface area contributed by atoms with Crippen molar-refractivity contribution in [2.24, 2.45) is 10.8 Å². The first kappa shape index (κ1) is 21.3. The molecule has 2 N–H and O–H groups in total. The van der Waals surface area contributed by atoms with E-state index < -0.39 is 17.1 Å². The first-order chi connectivity index (χ1) is 17.5. The van der Waals surface area contributed by atoms with Crippen molar-refractivity contribution in [1.29, 1.82) is 0 Å². The van der Waals surface area contributed by atoms with E-state index in [4.69, 9.17) is 9.47 Å². The second-order valence-electron chi connectivity index (χ2n) is 11.7. The molecule has 2 aliphatic heterocycles. The minimum absolute atomic E-state index is 0.0655. The minimum atomic E-state index is -1.27. The van der Waals surface area contributed by atoms with Crippen molar-refractivity contribution in [3.63, 3.8) is 0 Å². The molecule has 5 aliphatic carbocycles. The molecule has 2 heterocycles. The highest BCUT2D eigenvalue weighted by atomic mass is 16.5. The molecule has 6 bridgehead atoms. The van der Waals surface area contributed by atoms with Crippen LogP contribution in [-0.2, 0) is 23.2 Å². The highest BCUT2D eigenvalue weighted by Crippen LogP contribution is 2.87. The SMILES string of the molecule is CCCN1CC[C@]23c4c5ccc(OC)c4O[C@H]2C2(O)C4=C[C@@]3(C[C@]42C(=O)NCc2ccccc2)[C@H]1C5. The van der Waals surface area contributed by atoms with Crippen molar-refractivity contribution in [1.82, 2.24) is 10.2 Å². The average molecular weight is 485 g/mol. The summed E-state index contributed by atoms with van der Waals surface area (Å²) < 4.78 is 12.5. The maximum Gasteiger partial charge on any atom is 0.234 e. The Kier molecular flexibility index (Phi) is 3.86. The Hall–Kier alpha value is -2.83. The normalized spacial score (nSPS) is 39.7. The number of likely N-dealkylation sites (tertiary alicyclic amines) is 1. The molecule has 6 heteroatoms. The van der Waals surface area contributed by atoms with E-state index >= 15 is 0 Å². The van der Waals surface area contributed by atoms with E-state index in [0.717, 1.165) is 55.0 Å². The summed E-state index contributed by atoms with van der Waals surface area (Å²) in [6.07, 6.45) is 5.51. The summed E-state index contributed by atoms with van der Waals surface area (Å²) in [6.45, 7) is 4.74. The van der Waals surface area contributed by atoms with Gasteiger partial charge in [-0.05, 0) is 61.5 Å². The molecule has 2 saturated carbocycles. The van der Waals surface area contributed by atoms with Gasteiger partial charge in [-0.25, -0.2) is 0 Å². The quantitative estimate of drug-likeness (QED) is 0.617. The molecule has 2 spiro atoms. The van der Waals surface area contributed by atoms with Crippen molar-refractivity contribution < 1.29 is 19.4 Å². The molecule has 2 aromatic rings. The van der Waals surface area contributed by atoms with Gasteiger partial charge in [-0.3, -0.25) is 9.69 Å². The molecule has 6 atom stereocenters. The molecule has 7 aliphatic rings. The van der Waals surface area contributed by atoms with E-state index in [1.54, 1.807) is 7.11 Å². The fraction of sp³-hybridized carbons (Fsp3) is 0.500. The van der Waals surface area contributed by atoms with E-state index in [1.807, 2.05) is 36.4 Å². The summed E-state index contributed by atoms with van der Waals surface area (Å²) in [6, 6.07) is 14.5. The van der Waals surface area contributed by atoms with Gasteiger partial charge in [-0.1, -0.05) is 49.4 Å². The van der Waals surface area contributed by atoms with E-state index in [-0.39, 0.29) is 16.7 Å². The summed E-state index contributed by atoms with van der Waals surface area (Å²) in [7, 11) is 1.68. The van der Waals surface area contributed by atoms with Crippen LogP contribution in [0.4, 0.5) is 0 Å². The molecule has 6 nitrogen and oxygen atoms in total. The Balaban J connectivity index is 1.27.